The third-order valence-corrected chi connectivity index (χ3v) is 4.39. The third-order valence-electron chi connectivity index (χ3n) is 2.99. The van der Waals surface area contributed by atoms with Crippen LogP contribution in [0.15, 0.2) is 4.99 Å². The quantitative estimate of drug-likeness (QED) is 0.410. The zero-order chi connectivity index (χ0) is 13.4. The van der Waals surface area contributed by atoms with Crippen LogP contribution in [0.4, 0.5) is 0 Å². The molecule has 18 heavy (non-hydrogen) atoms. The van der Waals surface area contributed by atoms with Crippen LogP contribution in [-0.2, 0) is 10.0 Å². The van der Waals surface area contributed by atoms with E-state index in [9.17, 15) is 8.42 Å². The fraction of sp³-hybridized carbons (Fsp3) is 0.909. The Balaban J connectivity index is 2.19. The summed E-state index contributed by atoms with van der Waals surface area (Å²) in [6, 6.07) is 0. The second kappa shape index (κ2) is 7.58. The predicted octanol–water partition coefficient (Wildman–Crippen LogP) is 0.116. The van der Waals surface area contributed by atoms with Crippen molar-refractivity contribution < 1.29 is 8.42 Å². The standard InChI is InChI=1S/C11H24N4O2S/c1-2-18(16,17)14-8-6-7-13-11(12)15-9-4-3-5-10-15/h14H,2-10H2,1H3,(H2,12,13). The van der Waals surface area contributed by atoms with Crippen molar-refractivity contribution in [3.8, 4) is 0 Å². The van der Waals surface area contributed by atoms with Gasteiger partial charge in [0.05, 0.1) is 5.75 Å². The maximum Gasteiger partial charge on any atom is 0.211 e. The first kappa shape index (κ1) is 15.2. The van der Waals surface area contributed by atoms with Crippen LogP contribution in [0.5, 0.6) is 0 Å². The van der Waals surface area contributed by atoms with Crippen LogP contribution < -0.4 is 10.5 Å². The number of rotatable bonds is 6. The third kappa shape index (κ3) is 5.68. The van der Waals surface area contributed by atoms with Gasteiger partial charge in [0.1, 0.15) is 0 Å². The zero-order valence-electron chi connectivity index (χ0n) is 11.1. The molecule has 1 aliphatic rings. The van der Waals surface area contributed by atoms with Gasteiger partial charge in [0.25, 0.3) is 0 Å². The van der Waals surface area contributed by atoms with Gasteiger partial charge >= 0.3 is 0 Å². The minimum atomic E-state index is -3.08. The molecule has 0 aliphatic carbocycles. The Morgan fingerprint density at radius 2 is 2.00 bits per heavy atom. The van der Waals surface area contributed by atoms with Crippen molar-refractivity contribution in [3.05, 3.63) is 0 Å². The summed E-state index contributed by atoms with van der Waals surface area (Å²) < 4.78 is 24.8. The fourth-order valence-electron chi connectivity index (χ4n) is 1.83. The van der Waals surface area contributed by atoms with Crippen molar-refractivity contribution in [3.63, 3.8) is 0 Å². The molecule has 0 amide bonds. The van der Waals surface area contributed by atoms with Crippen molar-refractivity contribution >= 4 is 16.0 Å². The number of piperidine rings is 1. The lowest BCUT2D eigenvalue weighted by atomic mass is 10.1. The maximum atomic E-state index is 11.2. The highest BCUT2D eigenvalue weighted by molar-refractivity contribution is 7.89. The molecule has 0 aromatic heterocycles. The first-order chi connectivity index (χ1) is 8.55. The molecule has 1 rings (SSSR count). The van der Waals surface area contributed by atoms with Crippen LogP contribution in [0, 0.1) is 0 Å². The van der Waals surface area contributed by atoms with Gasteiger partial charge < -0.3 is 10.6 Å². The fourth-order valence-corrected chi connectivity index (χ4v) is 2.48. The largest absolute Gasteiger partial charge is 0.370 e. The molecule has 0 aromatic carbocycles. The second-order valence-corrected chi connectivity index (χ2v) is 6.53. The van der Waals surface area contributed by atoms with E-state index < -0.39 is 10.0 Å². The minimum absolute atomic E-state index is 0.117. The Kier molecular flexibility index (Phi) is 6.42. The van der Waals surface area contributed by atoms with Crippen LogP contribution in [0.3, 0.4) is 0 Å². The topological polar surface area (TPSA) is 87.8 Å². The monoisotopic (exact) mass is 276 g/mol. The molecule has 0 spiro atoms. The van der Waals surface area contributed by atoms with Crippen molar-refractivity contribution in [2.24, 2.45) is 10.7 Å². The highest BCUT2D eigenvalue weighted by Crippen LogP contribution is 2.07. The normalized spacial score (nSPS) is 18.1. The van der Waals surface area contributed by atoms with Gasteiger partial charge in [-0.15, -0.1) is 0 Å². The molecule has 0 unspecified atom stereocenters. The van der Waals surface area contributed by atoms with Crippen molar-refractivity contribution in [2.75, 3.05) is 31.9 Å². The number of sulfonamides is 1. The predicted molar refractivity (Wildman–Crippen MR) is 74.0 cm³/mol. The Labute approximate surface area is 110 Å². The lowest BCUT2D eigenvalue weighted by molar-refractivity contribution is 0.338. The molecule has 0 saturated carbocycles. The summed E-state index contributed by atoms with van der Waals surface area (Å²) in [5, 5.41) is 0. The molecule has 0 atom stereocenters. The number of aliphatic imine (C=N–C) groups is 1. The van der Waals surface area contributed by atoms with Gasteiger partial charge in [-0.2, -0.15) is 0 Å². The molecule has 1 saturated heterocycles. The lowest BCUT2D eigenvalue weighted by Crippen LogP contribution is -2.41. The van der Waals surface area contributed by atoms with E-state index in [1.54, 1.807) is 6.92 Å². The minimum Gasteiger partial charge on any atom is -0.370 e. The molecule has 1 heterocycles. The molecular weight excluding hydrogens is 252 g/mol. The second-order valence-electron chi connectivity index (χ2n) is 4.44. The van der Waals surface area contributed by atoms with Crippen LogP contribution in [0.1, 0.15) is 32.6 Å². The van der Waals surface area contributed by atoms with Gasteiger partial charge in [0.2, 0.25) is 10.0 Å². The molecule has 0 radical (unpaired) electrons. The van der Waals surface area contributed by atoms with Gasteiger partial charge in [-0.1, -0.05) is 0 Å². The highest BCUT2D eigenvalue weighted by Gasteiger charge is 2.11. The molecule has 1 aliphatic heterocycles. The molecule has 6 nitrogen and oxygen atoms in total. The number of hydrogen-bond acceptors (Lipinski definition) is 3. The van der Waals surface area contributed by atoms with Gasteiger partial charge in [-0.25, -0.2) is 13.1 Å². The van der Waals surface area contributed by atoms with Gasteiger partial charge in [0, 0.05) is 26.2 Å². The van der Waals surface area contributed by atoms with E-state index in [0.717, 1.165) is 13.1 Å². The van der Waals surface area contributed by atoms with Crippen LogP contribution in [0.25, 0.3) is 0 Å². The molecule has 7 heteroatoms. The Morgan fingerprint density at radius 3 is 2.61 bits per heavy atom. The van der Waals surface area contributed by atoms with E-state index in [1.807, 2.05) is 0 Å². The summed E-state index contributed by atoms with van der Waals surface area (Å²) in [7, 11) is -3.08. The van der Waals surface area contributed by atoms with Crippen LogP contribution >= 0.6 is 0 Å². The van der Waals surface area contributed by atoms with Crippen LogP contribution in [0.2, 0.25) is 0 Å². The average molecular weight is 276 g/mol. The number of hydrogen-bond donors (Lipinski definition) is 2. The lowest BCUT2D eigenvalue weighted by Gasteiger charge is -2.27. The molecule has 3 N–H and O–H groups in total. The molecule has 1 fully saturated rings. The molecule has 0 bridgehead atoms. The summed E-state index contributed by atoms with van der Waals surface area (Å²) in [6.45, 7) is 4.58. The highest BCUT2D eigenvalue weighted by atomic mass is 32.2. The molecule has 0 aromatic rings. The van der Waals surface area contributed by atoms with Gasteiger partial charge in [0.15, 0.2) is 5.96 Å². The SMILES string of the molecule is CCS(=O)(=O)NCCCN=C(N)N1CCCCC1. The Morgan fingerprint density at radius 1 is 1.33 bits per heavy atom. The average Bonchev–Trinajstić information content (AvgIpc) is 2.39. The number of guanidine groups is 1. The number of nitrogens with one attached hydrogen (secondary N) is 1. The Hall–Kier alpha value is -0.820. The number of likely N-dealkylation sites (tertiary alicyclic amines) is 1. The smallest absolute Gasteiger partial charge is 0.211 e. The van der Waals surface area contributed by atoms with Gasteiger partial charge in [-0.05, 0) is 32.6 Å². The summed E-state index contributed by atoms with van der Waals surface area (Å²) in [6.07, 6.45) is 4.29. The zero-order valence-corrected chi connectivity index (χ0v) is 11.9. The van der Waals surface area contributed by atoms with E-state index in [2.05, 4.69) is 14.6 Å². The van der Waals surface area contributed by atoms with Crippen molar-refractivity contribution in [2.45, 2.75) is 32.6 Å². The summed E-state index contributed by atoms with van der Waals surface area (Å²) >= 11 is 0. The summed E-state index contributed by atoms with van der Waals surface area (Å²) in [5.41, 5.74) is 5.88. The maximum absolute atomic E-state index is 11.2. The number of nitrogens with zero attached hydrogens (tertiary/aromatic N) is 2. The summed E-state index contributed by atoms with van der Waals surface area (Å²) in [4.78, 5) is 6.38. The molecular formula is C11H24N4O2S. The molecule has 106 valence electrons. The van der Waals surface area contributed by atoms with Crippen molar-refractivity contribution in [1.29, 1.82) is 0 Å². The number of nitrogens with two attached hydrogens (primary N) is 1. The first-order valence-corrected chi connectivity index (χ1v) is 8.22. The van der Waals surface area contributed by atoms with E-state index >= 15 is 0 Å². The Bertz CT molecular complexity index is 361. The van der Waals surface area contributed by atoms with E-state index in [4.69, 9.17) is 5.73 Å². The summed E-state index contributed by atoms with van der Waals surface area (Å²) in [5.74, 6) is 0.708. The van der Waals surface area contributed by atoms with Crippen molar-refractivity contribution in [1.82, 2.24) is 9.62 Å². The van der Waals surface area contributed by atoms with Crippen LogP contribution in [-0.4, -0.2) is 51.2 Å². The first-order valence-electron chi connectivity index (χ1n) is 6.57. The van der Waals surface area contributed by atoms with Gasteiger partial charge in [-0.3, -0.25) is 4.99 Å². The van der Waals surface area contributed by atoms with E-state index in [0.29, 0.717) is 25.5 Å². The van der Waals surface area contributed by atoms with E-state index in [1.165, 1.54) is 19.3 Å². The van der Waals surface area contributed by atoms with E-state index in [-0.39, 0.29) is 5.75 Å².